The lowest BCUT2D eigenvalue weighted by molar-refractivity contribution is 0.414. The monoisotopic (exact) mass is 402 g/mol. The molecule has 2 atom stereocenters. The van der Waals surface area contributed by atoms with Gasteiger partial charge in [0.05, 0.1) is 14.2 Å². The van der Waals surface area contributed by atoms with Gasteiger partial charge in [0.1, 0.15) is 11.5 Å². The predicted octanol–water partition coefficient (Wildman–Crippen LogP) is 6.12. The molecule has 0 bridgehead atoms. The van der Waals surface area contributed by atoms with Crippen molar-refractivity contribution < 1.29 is 13.6 Å². The van der Waals surface area contributed by atoms with Crippen molar-refractivity contribution in [2.24, 2.45) is 0 Å². The molecule has 0 N–H and O–H groups in total. The first-order valence-corrected chi connectivity index (χ1v) is 15.6. The van der Waals surface area contributed by atoms with E-state index in [0.717, 1.165) is 11.5 Å². The molecule has 0 saturated carbocycles. The maximum Gasteiger partial charge on any atom is 0.180 e. The summed E-state index contributed by atoms with van der Waals surface area (Å²) in [5.74, 6) is 1.79. The number of ether oxygens (including phenoxy) is 2. The van der Waals surface area contributed by atoms with Gasteiger partial charge in [-0.1, -0.05) is 38.1 Å². The van der Waals surface area contributed by atoms with Crippen LogP contribution < -0.4 is 9.47 Å². The van der Waals surface area contributed by atoms with Crippen molar-refractivity contribution >= 4 is 16.6 Å². The van der Waals surface area contributed by atoms with Gasteiger partial charge in [0, 0.05) is 0 Å². The first-order valence-electron chi connectivity index (χ1n) is 9.59. The molecule has 2 aromatic rings. The zero-order chi connectivity index (χ0) is 20.2. The fourth-order valence-corrected chi connectivity index (χ4v) is 12.3. The van der Waals surface area contributed by atoms with Crippen molar-refractivity contribution in [3.05, 3.63) is 59.7 Å². The maximum atomic E-state index is 6.99. The van der Waals surface area contributed by atoms with Crippen LogP contribution in [0.5, 0.6) is 11.5 Å². The molecule has 148 valence electrons. The summed E-state index contributed by atoms with van der Waals surface area (Å²) >= 11 is 0. The van der Waals surface area contributed by atoms with Gasteiger partial charge in [-0.2, -0.15) is 0 Å². The van der Waals surface area contributed by atoms with E-state index in [0.29, 0.717) is 11.1 Å². The summed E-state index contributed by atoms with van der Waals surface area (Å²) in [5, 5.41) is 0. The summed E-state index contributed by atoms with van der Waals surface area (Å²) in [7, 11) is -0.449. The Hall–Kier alpha value is -1.57. The average Bonchev–Trinajstić information content (AvgIpc) is 2.66. The number of benzene rings is 2. The Balaban J connectivity index is 2.16. The molecule has 0 aliphatic rings. The number of rotatable bonds is 8. The Bertz CT molecular complexity index is 661. The summed E-state index contributed by atoms with van der Waals surface area (Å²) < 4.78 is 17.6. The summed E-state index contributed by atoms with van der Waals surface area (Å²) in [6, 6.07) is 16.8. The second-order valence-electron chi connectivity index (χ2n) is 8.30. The standard InChI is InChI=1S/C22H34O3Si2/c1-17(19-9-13-21(23-3)14-10-19)26(5,6)25-27(7,8)18(2)20-11-15-22(24-4)16-12-20/h9-18H,1-8H3. The van der Waals surface area contributed by atoms with Gasteiger partial charge in [-0.25, -0.2) is 0 Å². The topological polar surface area (TPSA) is 27.7 Å². The fraction of sp³-hybridized carbons (Fsp3) is 0.455. The molecular weight excluding hydrogens is 368 g/mol. The number of hydrogen-bond donors (Lipinski definition) is 0. The van der Waals surface area contributed by atoms with Gasteiger partial charge in [-0.05, 0) is 72.7 Å². The largest absolute Gasteiger partial charge is 0.497 e. The van der Waals surface area contributed by atoms with Gasteiger partial charge in [0.25, 0.3) is 0 Å². The molecule has 27 heavy (non-hydrogen) atoms. The van der Waals surface area contributed by atoms with E-state index < -0.39 is 16.6 Å². The zero-order valence-corrected chi connectivity index (χ0v) is 20.0. The van der Waals surface area contributed by atoms with Crippen LogP contribution in [0.1, 0.15) is 36.1 Å². The van der Waals surface area contributed by atoms with Crippen LogP contribution in [0.4, 0.5) is 0 Å². The third-order valence-corrected chi connectivity index (χ3v) is 14.9. The number of hydrogen-bond acceptors (Lipinski definition) is 3. The normalized spacial score (nSPS) is 14.5. The molecule has 5 heteroatoms. The highest BCUT2D eigenvalue weighted by Crippen LogP contribution is 2.36. The molecule has 0 aliphatic carbocycles. The molecule has 0 aliphatic heterocycles. The summed E-state index contributed by atoms with van der Waals surface area (Å²) in [4.78, 5) is 0. The molecule has 2 unspecified atom stereocenters. The second kappa shape index (κ2) is 8.63. The van der Waals surface area contributed by atoms with E-state index in [-0.39, 0.29) is 0 Å². The highest BCUT2D eigenvalue weighted by atomic mass is 28.4. The Morgan fingerprint density at radius 3 is 1.15 bits per heavy atom. The van der Waals surface area contributed by atoms with Crippen molar-refractivity contribution in [2.75, 3.05) is 14.2 Å². The van der Waals surface area contributed by atoms with Crippen LogP contribution in [0.15, 0.2) is 48.5 Å². The van der Waals surface area contributed by atoms with Crippen LogP contribution in [0.3, 0.4) is 0 Å². The molecule has 3 nitrogen and oxygen atoms in total. The molecule has 0 radical (unpaired) electrons. The SMILES string of the molecule is COc1ccc(C(C)[Si](C)(C)O[Si](C)(C)C(C)c2ccc(OC)cc2)cc1. The van der Waals surface area contributed by atoms with Gasteiger partial charge >= 0.3 is 0 Å². The van der Waals surface area contributed by atoms with Crippen LogP contribution in [0, 0.1) is 0 Å². The molecular formula is C22H34O3Si2. The number of methoxy groups -OCH3 is 2. The minimum Gasteiger partial charge on any atom is -0.497 e. The summed E-state index contributed by atoms with van der Waals surface area (Å²) in [5.41, 5.74) is 3.49. The van der Waals surface area contributed by atoms with E-state index in [1.54, 1.807) is 14.2 Å². The summed E-state index contributed by atoms with van der Waals surface area (Å²) in [6.07, 6.45) is 0. The van der Waals surface area contributed by atoms with Gasteiger partial charge in [-0.3, -0.25) is 0 Å². The lowest BCUT2D eigenvalue weighted by Gasteiger charge is -2.41. The second-order valence-corrected chi connectivity index (χ2v) is 17.3. The molecule has 2 aromatic carbocycles. The molecule has 0 fully saturated rings. The lowest BCUT2D eigenvalue weighted by atomic mass is 10.1. The van der Waals surface area contributed by atoms with Crippen molar-refractivity contribution in [1.29, 1.82) is 0 Å². The average molecular weight is 403 g/mol. The van der Waals surface area contributed by atoms with Crippen LogP contribution >= 0.6 is 0 Å². The third-order valence-electron chi connectivity index (χ3n) is 5.84. The highest BCUT2D eigenvalue weighted by molar-refractivity contribution is 6.86. The van der Waals surface area contributed by atoms with E-state index in [1.165, 1.54) is 11.1 Å². The lowest BCUT2D eigenvalue weighted by Crippen LogP contribution is -2.50. The molecule has 0 heterocycles. The zero-order valence-electron chi connectivity index (χ0n) is 18.0. The quantitative estimate of drug-likeness (QED) is 0.498. The van der Waals surface area contributed by atoms with E-state index in [2.05, 4.69) is 64.3 Å². The molecule has 0 amide bonds. The fourth-order valence-electron chi connectivity index (χ4n) is 3.44. The van der Waals surface area contributed by atoms with Crippen molar-refractivity contribution in [3.8, 4) is 11.5 Å². The van der Waals surface area contributed by atoms with Crippen LogP contribution in [-0.4, -0.2) is 30.9 Å². The van der Waals surface area contributed by atoms with E-state index in [9.17, 15) is 0 Å². The summed E-state index contributed by atoms with van der Waals surface area (Å²) in [6.45, 7) is 14.0. The third kappa shape index (κ3) is 5.24. The van der Waals surface area contributed by atoms with E-state index in [4.69, 9.17) is 13.6 Å². The molecule has 0 aromatic heterocycles. The Kier molecular flexibility index (Phi) is 6.94. The molecule has 0 spiro atoms. The Labute approximate surface area is 166 Å². The van der Waals surface area contributed by atoms with Crippen LogP contribution in [0.2, 0.25) is 26.2 Å². The van der Waals surface area contributed by atoms with Crippen LogP contribution in [0.25, 0.3) is 0 Å². The van der Waals surface area contributed by atoms with Gasteiger partial charge in [0.15, 0.2) is 16.6 Å². The van der Waals surface area contributed by atoms with Crippen molar-refractivity contribution in [2.45, 2.75) is 51.1 Å². The van der Waals surface area contributed by atoms with E-state index in [1.807, 2.05) is 24.3 Å². The van der Waals surface area contributed by atoms with Gasteiger partial charge in [0.2, 0.25) is 0 Å². The first kappa shape index (κ1) is 21.7. The first-order chi connectivity index (χ1) is 12.6. The van der Waals surface area contributed by atoms with Crippen molar-refractivity contribution in [3.63, 3.8) is 0 Å². The highest BCUT2D eigenvalue weighted by Gasteiger charge is 2.41. The predicted molar refractivity (Wildman–Crippen MR) is 119 cm³/mol. The smallest absolute Gasteiger partial charge is 0.180 e. The Morgan fingerprint density at radius 1 is 0.593 bits per heavy atom. The molecule has 0 saturated heterocycles. The maximum absolute atomic E-state index is 6.99. The van der Waals surface area contributed by atoms with Crippen LogP contribution in [-0.2, 0) is 4.12 Å². The van der Waals surface area contributed by atoms with E-state index >= 15 is 0 Å². The van der Waals surface area contributed by atoms with Crippen molar-refractivity contribution in [1.82, 2.24) is 0 Å². The van der Waals surface area contributed by atoms with Gasteiger partial charge < -0.3 is 13.6 Å². The minimum atomic E-state index is -1.93. The molecule has 2 rings (SSSR count). The minimum absolute atomic E-state index is 0.415. The van der Waals surface area contributed by atoms with Gasteiger partial charge in [-0.15, -0.1) is 0 Å². The Morgan fingerprint density at radius 2 is 0.889 bits per heavy atom.